The Kier molecular flexibility index (Phi) is 18.5. The smallest absolute Gasteiger partial charge is 0.180 e. The molecule has 0 radical (unpaired) electrons. The Morgan fingerprint density at radius 2 is 1.16 bits per heavy atom. The van der Waals surface area contributed by atoms with Crippen molar-refractivity contribution in [2.45, 2.75) is 102 Å². The maximum Gasteiger partial charge on any atom is 0.180 e. The molecule has 3 nitrogen and oxygen atoms in total. The third-order valence-corrected chi connectivity index (χ3v) is 4.69. The van der Waals surface area contributed by atoms with Gasteiger partial charge < -0.3 is 14.6 Å². The number of halogens is 1. The minimum Gasteiger partial charge on any atom is -0.393 e. The molecular weight excluding hydrogens is 319 g/mol. The fraction of sp³-hybridized carbons (Fsp3) is 1.00. The van der Waals surface area contributed by atoms with Gasteiger partial charge in [-0.3, -0.25) is 0 Å². The van der Waals surface area contributed by atoms with Crippen molar-refractivity contribution >= 4 is 0 Å². The third-order valence-electron chi connectivity index (χ3n) is 4.69. The molecule has 0 aromatic carbocycles. The van der Waals surface area contributed by atoms with E-state index < -0.39 is 12.3 Å². The van der Waals surface area contributed by atoms with E-state index in [0.29, 0.717) is 6.61 Å². The van der Waals surface area contributed by atoms with Crippen LogP contribution in [-0.4, -0.2) is 44.3 Å². The predicted molar refractivity (Wildman–Crippen MR) is 104 cm³/mol. The Labute approximate surface area is 155 Å². The molecule has 0 saturated heterocycles. The molecule has 0 rings (SSSR count). The van der Waals surface area contributed by atoms with Crippen LogP contribution in [0.3, 0.4) is 0 Å². The highest BCUT2D eigenvalue weighted by Gasteiger charge is 2.29. The van der Waals surface area contributed by atoms with Crippen molar-refractivity contribution in [3.63, 3.8) is 0 Å². The largest absolute Gasteiger partial charge is 0.393 e. The topological polar surface area (TPSA) is 38.7 Å². The van der Waals surface area contributed by atoms with E-state index >= 15 is 0 Å². The summed E-state index contributed by atoms with van der Waals surface area (Å²) in [4.78, 5) is 0. The molecule has 0 saturated carbocycles. The van der Waals surface area contributed by atoms with Crippen molar-refractivity contribution in [1.82, 2.24) is 0 Å². The number of unbranched alkanes of at least 4 members (excludes halogenated alkanes) is 13. The second-order valence-corrected chi connectivity index (χ2v) is 7.39. The van der Waals surface area contributed by atoms with Gasteiger partial charge in [-0.15, -0.1) is 0 Å². The summed E-state index contributed by atoms with van der Waals surface area (Å²) in [5, 5.41) is 9.01. The summed E-state index contributed by atoms with van der Waals surface area (Å²) in [5.74, 6) is 0. The minimum atomic E-state index is -1.76. The van der Waals surface area contributed by atoms with Crippen molar-refractivity contribution in [1.29, 1.82) is 0 Å². The van der Waals surface area contributed by atoms with Gasteiger partial charge in [-0.05, 0) is 6.42 Å². The predicted octanol–water partition coefficient (Wildman–Crippen LogP) is 5.83. The van der Waals surface area contributed by atoms with Gasteiger partial charge in [-0.25, -0.2) is 4.39 Å². The average molecular weight is 363 g/mol. The molecule has 4 heteroatoms. The highest BCUT2D eigenvalue weighted by atomic mass is 19.1. The van der Waals surface area contributed by atoms with Crippen LogP contribution in [0.4, 0.5) is 4.39 Å². The number of aliphatic hydroxyl groups is 1. The second-order valence-electron chi connectivity index (χ2n) is 7.39. The number of hydrogen-bond acceptors (Lipinski definition) is 3. The van der Waals surface area contributed by atoms with Crippen LogP contribution < -0.4 is 0 Å². The molecule has 1 atom stereocenters. The average Bonchev–Trinajstić information content (AvgIpc) is 2.61. The number of hydrogen-bond donors (Lipinski definition) is 1. The molecule has 0 spiro atoms. The van der Waals surface area contributed by atoms with E-state index in [9.17, 15) is 4.39 Å². The van der Waals surface area contributed by atoms with Crippen LogP contribution in [0.15, 0.2) is 0 Å². The van der Waals surface area contributed by atoms with Crippen molar-refractivity contribution in [2.75, 3.05) is 33.5 Å². The summed E-state index contributed by atoms with van der Waals surface area (Å²) in [6, 6.07) is 0. The molecule has 0 unspecified atom stereocenters. The number of methoxy groups -OCH3 is 1. The molecule has 0 bridgehead atoms. The minimum absolute atomic E-state index is 0.0875. The monoisotopic (exact) mass is 362 g/mol. The van der Waals surface area contributed by atoms with Crippen LogP contribution in [0.25, 0.3) is 0 Å². The van der Waals surface area contributed by atoms with Crippen LogP contribution in [0, 0.1) is 0 Å². The van der Waals surface area contributed by atoms with Gasteiger partial charge in [-0.1, -0.05) is 90.4 Å². The van der Waals surface area contributed by atoms with Crippen molar-refractivity contribution in [3.05, 3.63) is 0 Å². The zero-order valence-corrected chi connectivity index (χ0v) is 16.9. The van der Waals surface area contributed by atoms with Crippen LogP contribution in [0.5, 0.6) is 0 Å². The zero-order valence-electron chi connectivity index (χ0n) is 16.9. The van der Waals surface area contributed by atoms with Crippen LogP contribution >= 0.6 is 0 Å². The highest BCUT2D eigenvalue weighted by Crippen LogP contribution is 2.14. The molecule has 1 N–H and O–H groups in total. The summed E-state index contributed by atoms with van der Waals surface area (Å²) in [7, 11) is 1.43. The van der Waals surface area contributed by atoms with Gasteiger partial charge >= 0.3 is 0 Å². The molecule has 0 heterocycles. The van der Waals surface area contributed by atoms with E-state index in [-0.39, 0.29) is 13.2 Å². The number of rotatable bonds is 20. The Balaban J connectivity index is 3.19. The summed E-state index contributed by atoms with van der Waals surface area (Å²) in [5.41, 5.74) is -1.76. The summed E-state index contributed by atoms with van der Waals surface area (Å²) < 4.78 is 24.0. The van der Waals surface area contributed by atoms with Crippen LogP contribution in [0.2, 0.25) is 0 Å². The summed E-state index contributed by atoms with van der Waals surface area (Å²) in [6.45, 7) is 2.06. The third kappa shape index (κ3) is 17.0. The number of aliphatic hydroxyl groups excluding tert-OH is 1. The molecule has 0 aromatic rings. The van der Waals surface area contributed by atoms with Gasteiger partial charge in [0.25, 0.3) is 0 Å². The lowest BCUT2D eigenvalue weighted by atomic mass is 10.0. The van der Waals surface area contributed by atoms with E-state index in [0.717, 1.165) is 12.8 Å². The highest BCUT2D eigenvalue weighted by molar-refractivity contribution is 4.77. The standard InChI is InChI=1S/C21H43FO3/c1-3-4-5-6-7-8-9-10-11-12-13-14-15-16-17-25-20-21(22,18-23)19-24-2/h23H,3-20H2,1-2H3/t21-/m0/s1. The second kappa shape index (κ2) is 18.6. The van der Waals surface area contributed by atoms with Gasteiger partial charge in [-0.2, -0.15) is 0 Å². The van der Waals surface area contributed by atoms with Gasteiger partial charge in [0.15, 0.2) is 5.67 Å². The SMILES string of the molecule is CCCCCCCCCCCCCCCCOC[C@](F)(CO)COC. The fourth-order valence-electron chi connectivity index (χ4n) is 3.05. The lowest BCUT2D eigenvalue weighted by Gasteiger charge is -2.21. The first kappa shape index (κ1) is 24.8. The van der Waals surface area contributed by atoms with Crippen molar-refractivity contribution in [3.8, 4) is 0 Å². The first-order valence-corrected chi connectivity index (χ1v) is 10.5. The van der Waals surface area contributed by atoms with E-state index in [4.69, 9.17) is 14.6 Å². The van der Waals surface area contributed by atoms with E-state index in [1.54, 1.807) is 0 Å². The Morgan fingerprint density at radius 3 is 1.56 bits per heavy atom. The van der Waals surface area contributed by atoms with Crippen molar-refractivity contribution < 1.29 is 19.0 Å². The summed E-state index contributed by atoms with van der Waals surface area (Å²) >= 11 is 0. The maximum absolute atomic E-state index is 13.9. The zero-order chi connectivity index (χ0) is 18.6. The van der Waals surface area contributed by atoms with E-state index in [1.165, 1.54) is 84.2 Å². The van der Waals surface area contributed by atoms with Crippen molar-refractivity contribution in [2.24, 2.45) is 0 Å². The molecule has 0 aliphatic rings. The van der Waals surface area contributed by atoms with E-state index in [1.807, 2.05) is 0 Å². The normalized spacial score (nSPS) is 13.9. The Morgan fingerprint density at radius 1 is 0.720 bits per heavy atom. The van der Waals surface area contributed by atoms with Gasteiger partial charge in [0.1, 0.15) is 0 Å². The van der Waals surface area contributed by atoms with E-state index in [2.05, 4.69) is 6.92 Å². The number of ether oxygens (including phenoxy) is 2. The molecule has 0 fully saturated rings. The Hall–Kier alpha value is -0.190. The lowest BCUT2D eigenvalue weighted by molar-refractivity contribution is -0.0613. The number of alkyl halides is 1. The van der Waals surface area contributed by atoms with Gasteiger partial charge in [0.05, 0.1) is 19.8 Å². The van der Waals surface area contributed by atoms with Crippen LogP contribution in [-0.2, 0) is 9.47 Å². The lowest BCUT2D eigenvalue weighted by Crippen LogP contribution is -2.38. The first-order valence-electron chi connectivity index (χ1n) is 10.5. The maximum atomic E-state index is 13.9. The molecule has 152 valence electrons. The van der Waals surface area contributed by atoms with Crippen LogP contribution in [0.1, 0.15) is 96.8 Å². The molecule has 0 amide bonds. The van der Waals surface area contributed by atoms with Gasteiger partial charge in [0.2, 0.25) is 0 Å². The molecular formula is C21H43FO3. The quantitative estimate of drug-likeness (QED) is 0.277. The molecule has 0 aliphatic heterocycles. The molecule has 0 aromatic heterocycles. The first-order chi connectivity index (χ1) is 12.2. The van der Waals surface area contributed by atoms with Gasteiger partial charge in [0, 0.05) is 13.7 Å². The fourth-order valence-corrected chi connectivity index (χ4v) is 3.05. The summed E-state index contributed by atoms with van der Waals surface area (Å²) in [6.07, 6.45) is 18.5. The molecule has 0 aliphatic carbocycles. The Bertz CT molecular complexity index is 264. The molecule has 25 heavy (non-hydrogen) atoms.